The van der Waals surface area contributed by atoms with Crippen LogP contribution < -0.4 is 9.64 Å². The van der Waals surface area contributed by atoms with E-state index in [1.54, 1.807) is 11.8 Å². The highest BCUT2D eigenvalue weighted by Gasteiger charge is 2.28. The van der Waals surface area contributed by atoms with Gasteiger partial charge in [-0.05, 0) is 101 Å². The predicted molar refractivity (Wildman–Crippen MR) is 215 cm³/mol. The number of aromatic amines is 2. The Morgan fingerprint density at radius 2 is 1.57 bits per heavy atom. The summed E-state index contributed by atoms with van der Waals surface area (Å²) >= 11 is 0. The summed E-state index contributed by atoms with van der Waals surface area (Å²) in [6.07, 6.45) is 9.25. The third kappa shape index (κ3) is 9.06. The minimum absolute atomic E-state index is 0.0379. The first-order valence-corrected chi connectivity index (χ1v) is 20.0. The molecular formula is C43H55N7O4. The van der Waals surface area contributed by atoms with E-state index in [1.165, 1.54) is 24.9 Å². The molecule has 7 rings (SSSR count). The maximum atomic E-state index is 13.3. The number of imidazole rings is 2. The van der Waals surface area contributed by atoms with Crippen LogP contribution in [0, 0.1) is 0 Å². The number of rotatable bonds is 13. The highest BCUT2D eigenvalue weighted by atomic mass is 16.5. The summed E-state index contributed by atoms with van der Waals surface area (Å²) in [6, 6.07) is 19.9. The van der Waals surface area contributed by atoms with Crippen molar-refractivity contribution in [3.8, 4) is 28.5 Å². The van der Waals surface area contributed by atoms with Crippen LogP contribution in [-0.2, 0) is 14.3 Å². The summed E-state index contributed by atoms with van der Waals surface area (Å²) in [6.45, 7) is 8.90. The largest absolute Gasteiger partial charge is 0.494 e. The van der Waals surface area contributed by atoms with Crippen molar-refractivity contribution >= 4 is 39.6 Å². The first kappa shape index (κ1) is 37.4. The number of fused-ring (bicyclic) bond motifs is 2. The zero-order valence-corrected chi connectivity index (χ0v) is 32.1. The van der Waals surface area contributed by atoms with E-state index in [0.717, 1.165) is 103 Å². The molecule has 1 aliphatic heterocycles. The highest BCUT2D eigenvalue weighted by molar-refractivity contribution is 5.87. The van der Waals surface area contributed by atoms with Gasteiger partial charge in [0.05, 0.1) is 28.7 Å². The molecule has 0 radical (unpaired) electrons. The predicted octanol–water partition coefficient (Wildman–Crippen LogP) is 7.97. The maximum Gasteiger partial charge on any atom is 0.328 e. The molecule has 2 aliphatic rings. The van der Waals surface area contributed by atoms with E-state index in [1.807, 2.05) is 37.3 Å². The number of nitrogens with zero attached hydrogens (tertiary/aromatic N) is 5. The van der Waals surface area contributed by atoms with Crippen LogP contribution in [0.25, 0.3) is 44.8 Å². The quantitative estimate of drug-likeness (QED) is 0.0924. The van der Waals surface area contributed by atoms with Crippen LogP contribution in [0.5, 0.6) is 5.75 Å². The maximum absolute atomic E-state index is 13.3. The van der Waals surface area contributed by atoms with Gasteiger partial charge < -0.3 is 34.1 Å². The molecular weight excluding hydrogens is 679 g/mol. The van der Waals surface area contributed by atoms with Gasteiger partial charge in [-0.2, -0.15) is 0 Å². The van der Waals surface area contributed by atoms with Crippen molar-refractivity contribution < 1.29 is 19.1 Å². The van der Waals surface area contributed by atoms with Crippen molar-refractivity contribution in [2.45, 2.75) is 90.2 Å². The number of hydrogen-bond donors (Lipinski definition) is 2. The third-order valence-electron chi connectivity index (χ3n) is 10.9. The Morgan fingerprint density at radius 3 is 2.35 bits per heavy atom. The molecule has 1 aliphatic carbocycles. The summed E-state index contributed by atoms with van der Waals surface area (Å²) in [4.78, 5) is 49.6. The Morgan fingerprint density at radius 1 is 0.852 bits per heavy atom. The SMILES string of the molecule is CCCN(C(=O)CCCOc1cccc(-c2nc3ccc(-c4nc5cc(N6CCN(C)CC6)ccc5[nH]4)cc3[nH]2)c1)C(C)C(=O)OC1CCCCCCC1. The highest BCUT2D eigenvalue weighted by Crippen LogP contribution is 2.29. The van der Waals surface area contributed by atoms with Crippen molar-refractivity contribution in [2.75, 3.05) is 51.3 Å². The number of esters is 1. The number of aromatic nitrogens is 4. The molecule has 2 aromatic heterocycles. The van der Waals surface area contributed by atoms with Gasteiger partial charge >= 0.3 is 5.97 Å². The van der Waals surface area contributed by atoms with E-state index in [2.05, 4.69) is 57.1 Å². The van der Waals surface area contributed by atoms with Gasteiger partial charge in [-0.15, -0.1) is 0 Å². The second kappa shape index (κ2) is 17.5. The number of benzene rings is 3. The molecule has 3 aromatic carbocycles. The zero-order valence-electron chi connectivity index (χ0n) is 32.1. The van der Waals surface area contributed by atoms with Crippen LogP contribution in [0.1, 0.15) is 78.1 Å². The molecule has 286 valence electrons. The van der Waals surface area contributed by atoms with Crippen LogP contribution in [0.4, 0.5) is 5.69 Å². The lowest BCUT2D eigenvalue weighted by Crippen LogP contribution is -2.45. The smallest absolute Gasteiger partial charge is 0.328 e. The standard InChI is InChI=1S/C43H55N7O4/c1-4-21-50(30(2)43(52)54-34-13-8-6-5-7-9-14-34)40(51)16-11-26-53-35-15-10-12-31(27-35)41-44-36-19-17-32(28-38(36)46-41)42-45-37-20-18-33(29-39(37)47-42)49-24-22-48(3)23-25-49/h10,12,15,17-20,27-30,34H,4-9,11,13-14,16,21-26H2,1-3H3,(H,44,46)(H,45,47). The molecule has 1 saturated heterocycles. The first-order chi connectivity index (χ1) is 26.3. The van der Waals surface area contributed by atoms with Crippen molar-refractivity contribution in [3.05, 3.63) is 60.7 Å². The Labute approximate surface area is 318 Å². The number of hydrogen-bond acceptors (Lipinski definition) is 8. The van der Waals surface area contributed by atoms with Gasteiger partial charge in [0.2, 0.25) is 5.91 Å². The molecule has 3 heterocycles. The van der Waals surface area contributed by atoms with Gasteiger partial charge in [0.15, 0.2) is 0 Å². The van der Waals surface area contributed by atoms with Crippen LogP contribution in [-0.4, -0.2) is 100 Å². The minimum Gasteiger partial charge on any atom is -0.494 e. The Kier molecular flexibility index (Phi) is 12.1. The lowest BCUT2D eigenvalue weighted by atomic mass is 9.98. The van der Waals surface area contributed by atoms with E-state index < -0.39 is 6.04 Å². The van der Waals surface area contributed by atoms with Crippen molar-refractivity contribution in [1.82, 2.24) is 29.7 Å². The number of carbonyl (C=O) groups excluding carboxylic acids is 2. The number of nitrogens with one attached hydrogen (secondary N) is 2. The normalized spacial score (nSPS) is 16.6. The molecule has 1 saturated carbocycles. The van der Waals surface area contributed by atoms with E-state index >= 15 is 0 Å². The number of piperazine rings is 1. The van der Waals surface area contributed by atoms with Crippen molar-refractivity contribution in [3.63, 3.8) is 0 Å². The van der Waals surface area contributed by atoms with E-state index in [9.17, 15) is 9.59 Å². The zero-order chi connectivity index (χ0) is 37.4. The van der Waals surface area contributed by atoms with Gasteiger partial charge in [0, 0.05) is 56.0 Å². The van der Waals surface area contributed by atoms with Gasteiger partial charge in [-0.3, -0.25) is 4.79 Å². The first-order valence-electron chi connectivity index (χ1n) is 20.0. The summed E-state index contributed by atoms with van der Waals surface area (Å²) in [5.41, 5.74) is 6.87. The van der Waals surface area contributed by atoms with Gasteiger partial charge in [-0.25, -0.2) is 14.8 Å². The van der Waals surface area contributed by atoms with Gasteiger partial charge in [0.1, 0.15) is 29.5 Å². The fraction of sp³-hybridized carbons (Fsp3) is 0.488. The fourth-order valence-electron chi connectivity index (χ4n) is 7.68. The molecule has 11 nitrogen and oxygen atoms in total. The Hall–Kier alpha value is -4.90. The second-order valence-electron chi connectivity index (χ2n) is 15.0. The molecule has 0 bridgehead atoms. The number of likely N-dealkylation sites (N-methyl/N-ethyl adjacent to an activating group) is 1. The van der Waals surface area contributed by atoms with E-state index in [4.69, 9.17) is 19.4 Å². The minimum atomic E-state index is -0.598. The number of amides is 1. The van der Waals surface area contributed by atoms with Gasteiger partial charge in [0.25, 0.3) is 0 Å². The number of H-pyrrole nitrogens is 2. The molecule has 0 spiro atoms. The fourth-order valence-corrected chi connectivity index (χ4v) is 7.68. The van der Waals surface area contributed by atoms with E-state index in [0.29, 0.717) is 31.7 Å². The van der Waals surface area contributed by atoms with Crippen LogP contribution >= 0.6 is 0 Å². The summed E-state index contributed by atoms with van der Waals surface area (Å²) in [5, 5.41) is 0. The van der Waals surface area contributed by atoms with Crippen LogP contribution in [0.15, 0.2) is 60.7 Å². The second-order valence-corrected chi connectivity index (χ2v) is 15.0. The molecule has 2 N–H and O–H groups in total. The Balaban J connectivity index is 0.941. The molecule has 1 atom stereocenters. The van der Waals surface area contributed by atoms with E-state index in [-0.39, 0.29) is 18.0 Å². The molecule has 5 aromatic rings. The molecule has 2 fully saturated rings. The third-order valence-corrected chi connectivity index (χ3v) is 10.9. The van der Waals surface area contributed by atoms with Gasteiger partial charge in [-0.1, -0.05) is 38.3 Å². The topological polar surface area (TPSA) is 120 Å². The van der Waals surface area contributed by atoms with Crippen molar-refractivity contribution in [1.29, 1.82) is 0 Å². The molecule has 1 unspecified atom stereocenters. The summed E-state index contributed by atoms with van der Waals surface area (Å²) in [7, 11) is 2.17. The Bertz CT molecular complexity index is 2020. The molecule has 11 heteroatoms. The average Bonchev–Trinajstić information content (AvgIpc) is 3.81. The number of anilines is 1. The van der Waals surface area contributed by atoms with Crippen molar-refractivity contribution in [2.24, 2.45) is 0 Å². The average molecular weight is 734 g/mol. The number of ether oxygens (including phenoxy) is 2. The van der Waals surface area contributed by atoms with Crippen LogP contribution in [0.2, 0.25) is 0 Å². The molecule has 1 amide bonds. The molecule has 54 heavy (non-hydrogen) atoms. The summed E-state index contributed by atoms with van der Waals surface area (Å²) < 4.78 is 12.0. The lowest BCUT2D eigenvalue weighted by molar-refractivity contribution is -0.160. The van der Waals surface area contributed by atoms with Crippen LogP contribution in [0.3, 0.4) is 0 Å². The summed E-state index contributed by atoms with van der Waals surface area (Å²) in [5.74, 6) is 1.95. The number of carbonyl (C=O) groups is 2. The monoisotopic (exact) mass is 733 g/mol. The lowest BCUT2D eigenvalue weighted by Gasteiger charge is -2.34.